The number of hydrogen-bond acceptors (Lipinski definition) is 4. The highest BCUT2D eigenvalue weighted by atomic mass is 16.4. The zero-order valence-corrected chi connectivity index (χ0v) is 10.8. The van der Waals surface area contributed by atoms with Gasteiger partial charge in [-0.1, -0.05) is 0 Å². The number of nitrogens with zero attached hydrogens (tertiary/aromatic N) is 2. The summed E-state index contributed by atoms with van der Waals surface area (Å²) in [6.07, 6.45) is 3.08. The van der Waals surface area contributed by atoms with E-state index >= 15 is 0 Å². The Morgan fingerprint density at radius 3 is 2.70 bits per heavy atom. The number of hydrogen-bond donors (Lipinski definition) is 2. The van der Waals surface area contributed by atoms with Crippen molar-refractivity contribution in [2.24, 2.45) is 5.92 Å². The maximum absolute atomic E-state index is 11.7. The SMILES string of the molecule is O=C(NCCN1C[C@@H](C(=O)O)CC1=O)c1ccncc1. The number of amides is 2. The zero-order valence-electron chi connectivity index (χ0n) is 10.8. The van der Waals surface area contributed by atoms with Gasteiger partial charge < -0.3 is 15.3 Å². The van der Waals surface area contributed by atoms with Gasteiger partial charge in [-0.15, -0.1) is 0 Å². The highest BCUT2D eigenvalue weighted by molar-refractivity contribution is 5.94. The van der Waals surface area contributed by atoms with E-state index in [0.29, 0.717) is 18.7 Å². The molecule has 1 aliphatic heterocycles. The zero-order chi connectivity index (χ0) is 14.5. The maximum atomic E-state index is 11.7. The van der Waals surface area contributed by atoms with Crippen LogP contribution in [0.3, 0.4) is 0 Å². The standard InChI is InChI=1S/C13H15N3O4/c17-11-7-10(13(19)20)8-16(11)6-5-15-12(18)9-1-3-14-4-2-9/h1-4,10H,5-8H2,(H,15,18)(H,19,20)/t10-/m0/s1. The van der Waals surface area contributed by atoms with Crippen molar-refractivity contribution in [3.8, 4) is 0 Å². The van der Waals surface area contributed by atoms with Gasteiger partial charge in [0.25, 0.3) is 5.91 Å². The molecule has 2 amide bonds. The van der Waals surface area contributed by atoms with Gasteiger partial charge in [0, 0.05) is 44.0 Å². The van der Waals surface area contributed by atoms with Gasteiger partial charge in [0.2, 0.25) is 5.91 Å². The molecule has 0 unspecified atom stereocenters. The number of aromatic nitrogens is 1. The second-order valence-corrected chi connectivity index (χ2v) is 4.57. The molecule has 7 heteroatoms. The third-order valence-electron chi connectivity index (χ3n) is 3.17. The Kier molecular flexibility index (Phi) is 4.29. The van der Waals surface area contributed by atoms with Crippen LogP contribution in [0, 0.1) is 5.92 Å². The number of carboxylic acid groups (broad SMARTS) is 1. The Labute approximate surface area is 115 Å². The molecule has 106 valence electrons. The summed E-state index contributed by atoms with van der Waals surface area (Å²) < 4.78 is 0. The van der Waals surface area contributed by atoms with E-state index < -0.39 is 11.9 Å². The molecule has 1 atom stereocenters. The third kappa shape index (κ3) is 3.31. The van der Waals surface area contributed by atoms with Gasteiger partial charge >= 0.3 is 5.97 Å². The lowest BCUT2D eigenvalue weighted by Crippen LogP contribution is -2.36. The molecule has 1 aromatic rings. The summed E-state index contributed by atoms with van der Waals surface area (Å²) >= 11 is 0. The number of carboxylic acids is 1. The molecule has 1 saturated heterocycles. The number of nitrogens with one attached hydrogen (secondary N) is 1. The molecule has 1 aliphatic rings. The maximum Gasteiger partial charge on any atom is 0.308 e. The summed E-state index contributed by atoms with van der Waals surface area (Å²) in [4.78, 5) is 39.4. The number of carbonyl (C=O) groups excluding carboxylic acids is 2. The van der Waals surface area contributed by atoms with Crippen LogP contribution in [0.4, 0.5) is 0 Å². The number of pyridine rings is 1. The fourth-order valence-electron chi connectivity index (χ4n) is 2.06. The molecule has 0 bridgehead atoms. The van der Waals surface area contributed by atoms with Crippen LogP contribution >= 0.6 is 0 Å². The lowest BCUT2D eigenvalue weighted by atomic mass is 10.1. The molecule has 2 N–H and O–H groups in total. The molecule has 0 saturated carbocycles. The Balaban J connectivity index is 1.78. The van der Waals surface area contributed by atoms with E-state index in [1.54, 1.807) is 12.1 Å². The Bertz CT molecular complexity index is 518. The molecule has 1 fully saturated rings. The number of carbonyl (C=O) groups is 3. The van der Waals surface area contributed by atoms with Crippen molar-refractivity contribution in [3.63, 3.8) is 0 Å². The topological polar surface area (TPSA) is 99.6 Å². The van der Waals surface area contributed by atoms with Crippen LogP contribution in [0.15, 0.2) is 24.5 Å². The fraction of sp³-hybridized carbons (Fsp3) is 0.385. The Morgan fingerprint density at radius 1 is 1.40 bits per heavy atom. The van der Waals surface area contributed by atoms with Gasteiger partial charge in [-0.05, 0) is 12.1 Å². The van der Waals surface area contributed by atoms with Crippen molar-refractivity contribution in [1.82, 2.24) is 15.2 Å². The average molecular weight is 277 g/mol. The molecule has 0 aliphatic carbocycles. The average Bonchev–Trinajstić information content (AvgIpc) is 2.81. The fourth-order valence-corrected chi connectivity index (χ4v) is 2.06. The van der Waals surface area contributed by atoms with Crippen LogP contribution in [-0.2, 0) is 9.59 Å². The minimum atomic E-state index is -0.957. The molecule has 20 heavy (non-hydrogen) atoms. The normalized spacial score (nSPS) is 18.1. The third-order valence-corrected chi connectivity index (χ3v) is 3.17. The number of likely N-dealkylation sites (tertiary alicyclic amines) is 1. The predicted molar refractivity (Wildman–Crippen MR) is 68.9 cm³/mol. The second kappa shape index (κ2) is 6.14. The first-order chi connectivity index (χ1) is 9.58. The molecule has 2 rings (SSSR count). The minimum absolute atomic E-state index is 0.0354. The molecular weight excluding hydrogens is 262 g/mol. The first-order valence-corrected chi connectivity index (χ1v) is 6.26. The van der Waals surface area contributed by atoms with Crippen molar-refractivity contribution in [3.05, 3.63) is 30.1 Å². The lowest BCUT2D eigenvalue weighted by Gasteiger charge is -2.16. The summed E-state index contributed by atoms with van der Waals surface area (Å²) in [5.74, 6) is -2.02. The van der Waals surface area contributed by atoms with Crippen molar-refractivity contribution in [2.75, 3.05) is 19.6 Å². The smallest absolute Gasteiger partial charge is 0.308 e. The van der Waals surface area contributed by atoms with E-state index in [4.69, 9.17) is 5.11 Å². The van der Waals surface area contributed by atoms with Crippen molar-refractivity contribution in [1.29, 1.82) is 0 Å². The summed E-state index contributed by atoms with van der Waals surface area (Å²) in [6.45, 7) is 0.817. The van der Waals surface area contributed by atoms with E-state index in [0.717, 1.165) is 0 Å². The molecular formula is C13H15N3O4. The molecule has 2 heterocycles. The number of aliphatic carboxylic acids is 1. The summed E-state index contributed by atoms with van der Waals surface area (Å²) in [7, 11) is 0. The first-order valence-electron chi connectivity index (χ1n) is 6.26. The van der Waals surface area contributed by atoms with E-state index in [-0.39, 0.29) is 24.8 Å². The van der Waals surface area contributed by atoms with E-state index in [1.807, 2.05) is 0 Å². The molecule has 1 aromatic heterocycles. The van der Waals surface area contributed by atoms with E-state index in [2.05, 4.69) is 10.3 Å². The van der Waals surface area contributed by atoms with Crippen LogP contribution in [0.2, 0.25) is 0 Å². The number of rotatable bonds is 5. The first kappa shape index (κ1) is 14.0. The van der Waals surface area contributed by atoms with Gasteiger partial charge in [0.05, 0.1) is 5.92 Å². The quantitative estimate of drug-likeness (QED) is 0.772. The summed E-state index contributed by atoms with van der Waals surface area (Å²) in [5, 5.41) is 11.5. The molecule has 0 spiro atoms. The summed E-state index contributed by atoms with van der Waals surface area (Å²) in [5.41, 5.74) is 0.496. The second-order valence-electron chi connectivity index (χ2n) is 4.57. The van der Waals surface area contributed by atoms with E-state index in [1.165, 1.54) is 17.3 Å². The molecule has 0 aromatic carbocycles. The summed E-state index contributed by atoms with van der Waals surface area (Å²) in [6, 6.07) is 3.19. The minimum Gasteiger partial charge on any atom is -0.481 e. The van der Waals surface area contributed by atoms with Gasteiger partial charge in [-0.25, -0.2) is 0 Å². The molecule has 7 nitrogen and oxygen atoms in total. The van der Waals surface area contributed by atoms with Crippen LogP contribution in [0.25, 0.3) is 0 Å². The van der Waals surface area contributed by atoms with Gasteiger partial charge in [0.15, 0.2) is 0 Å². The largest absolute Gasteiger partial charge is 0.481 e. The van der Waals surface area contributed by atoms with Crippen LogP contribution < -0.4 is 5.32 Å². The van der Waals surface area contributed by atoms with Gasteiger partial charge in [-0.2, -0.15) is 0 Å². The van der Waals surface area contributed by atoms with E-state index in [9.17, 15) is 14.4 Å². The highest BCUT2D eigenvalue weighted by Gasteiger charge is 2.33. The van der Waals surface area contributed by atoms with Crippen molar-refractivity contribution >= 4 is 17.8 Å². The Morgan fingerprint density at radius 2 is 2.10 bits per heavy atom. The Hall–Kier alpha value is -2.44. The lowest BCUT2D eigenvalue weighted by molar-refractivity contribution is -0.141. The van der Waals surface area contributed by atoms with Crippen molar-refractivity contribution in [2.45, 2.75) is 6.42 Å². The molecule has 0 radical (unpaired) electrons. The van der Waals surface area contributed by atoms with Crippen LogP contribution in [0.5, 0.6) is 0 Å². The van der Waals surface area contributed by atoms with Gasteiger partial charge in [-0.3, -0.25) is 19.4 Å². The van der Waals surface area contributed by atoms with Crippen LogP contribution in [0.1, 0.15) is 16.8 Å². The van der Waals surface area contributed by atoms with Crippen LogP contribution in [-0.4, -0.2) is 52.4 Å². The van der Waals surface area contributed by atoms with Gasteiger partial charge in [0.1, 0.15) is 0 Å². The predicted octanol–water partition coefficient (Wildman–Crippen LogP) is -0.255. The monoisotopic (exact) mass is 277 g/mol. The highest BCUT2D eigenvalue weighted by Crippen LogP contribution is 2.17. The van der Waals surface area contributed by atoms with Crippen molar-refractivity contribution < 1.29 is 19.5 Å².